The molecule has 0 unspecified atom stereocenters. The van der Waals surface area contributed by atoms with Gasteiger partial charge in [0, 0.05) is 26.2 Å². The van der Waals surface area contributed by atoms with E-state index in [0.29, 0.717) is 18.9 Å². The summed E-state index contributed by atoms with van der Waals surface area (Å²) < 4.78 is 6.14. The standard InChI is InChI=1S/C9H11N5O3/c1-14-4-5(8(15)12-9(14)16)7-11-6(2-3-10)17-13-7/h4H,2-3,10H2,1H3,(H,12,15,16). The van der Waals surface area contributed by atoms with Gasteiger partial charge in [-0.3, -0.25) is 9.78 Å². The Morgan fingerprint density at radius 1 is 1.53 bits per heavy atom. The minimum Gasteiger partial charge on any atom is -0.339 e. The summed E-state index contributed by atoms with van der Waals surface area (Å²) in [6, 6.07) is 0. The van der Waals surface area contributed by atoms with Crippen LogP contribution in [0.25, 0.3) is 11.4 Å². The van der Waals surface area contributed by atoms with E-state index in [9.17, 15) is 9.59 Å². The highest BCUT2D eigenvalue weighted by Gasteiger charge is 2.12. The van der Waals surface area contributed by atoms with Gasteiger partial charge in [-0.2, -0.15) is 4.98 Å². The van der Waals surface area contributed by atoms with Crippen molar-refractivity contribution in [2.75, 3.05) is 6.54 Å². The first kappa shape index (κ1) is 11.3. The third-order valence-electron chi connectivity index (χ3n) is 2.18. The van der Waals surface area contributed by atoms with E-state index in [-0.39, 0.29) is 11.4 Å². The smallest absolute Gasteiger partial charge is 0.328 e. The Balaban J connectivity index is 2.49. The molecular weight excluding hydrogens is 226 g/mol. The number of nitrogens with zero attached hydrogens (tertiary/aromatic N) is 3. The zero-order chi connectivity index (χ0) is 12.4. The van der Waals surface area contributed by atoms with E-state index in [0.717, 1.165) is 0 Å². The number of aromatic amines is 1. The van der Waals surface area contributed by atoms with Crippen molar-refractivity contribution >= 4 is 0 Å². The van der Waals surface area contributed by atoms with Crippen molar-refractivity contribution in [2.24, 2.45) is 12.8 Å². The van der Waals surface area contributed by atoms with Gasteiger partial charge in [-0.05, 0) is 0 Å². The zero-order valence-corrected chi connectivity index (χ0v) is 9.14. The fourth-order valence-electron chi connectivity index (χ4n) is 1.31. The van der Waals surface area contributed by atoms with Crippen molar-refractivity contribution in [1.29, 1.82) is 0 Å². The Bertz CT molecular complexity index is 639. The van der Waals surface area contributed by atoms with Crippen LogP contribution in [0.2, 0.25) is 0 Å². The number of hydrogen-bond acceptors (Lipinski definition) is 6. The maximum Gasteiger partial charge on any atom is 0.328 e. The Kier molecular flexibility index (Phi) is 2.88. The summed E-state index contributed by atoms with van der Waals surface area (Å²) in [5, 5.41) is 3.66. The summed E-state index contributed by atoms with van der Waals surface area (Å²) in [5.41, 5.74) is 4.48. The van der Waals surface area contributed by atoms with Crippen molar-refractivity contribution in [3.8, 4) is 11.4 Å². The largest absolute Gasteiger partial charge is 0.339 e. The molecule has 0 aliphatic carbocycles. The minimum absolute atomic E-state index is 0.144. The lowest BCUT2D eigenvalue weighted by Crippen LogP contribution is -2.28. The third-order valence-corrected chi connectivity index (χ3v) is 2.18. The molecule has 0 bridgehead atoms. The molecule has 3 N–H and O–H groups in total. The predicted molar refractivity (Wildman–Crippen MR) is 58.4 cm³/mol. The summed E-state index contributed by atoms with van der Waals surface area (Å²) in [7, 11) is 1.52. The number of aryl methyl sites for hydroxylation is 1. The molecule has 0 radical (unpaired) electrons. The molecule has 0 amide bonds. The third kappa shape index (κ3) is 2.16. The summed E-state index contributed by atoms with van der Waals surface area (Å²) in [6.07, 6.45) is 1.80. The van der Waals surface area contributed by atoms with Gasteiger partial charge in [0.05, 0.1) is 0 Å². The lowest BCUT2D eigenvalue weighted by Gasteiger charge is -1.97. The van der Waals surface area contributed by atoms with Crippen LogP contribution in [0.3, 0.4) is 0 Å². The quantitative estimate of drug-likeness (QED) is 0.679. The molecule has 0 saturated heterocycles. The number of aromatic nitrogens is 4. The maximum absolute atomic E-state index is 11.5. The second-order valence-corrected chi connectivity index (χ2v) is 3.46. The number of nitrogens with one attached hydrogen (secondary N) is 1. The zero-order valence-electron chi connectivity index (χ0n) is 9.14. The molecule has 8 nitrogen and oxygen atoms in total. The number of hydrogen-bond donors (Lipinski definition) is 2. The van der Waals surface area contributed by atoms with Crippen LogP contribution in [0.15, 0.2) is 20.3 Å². The summed E-state index contributed by atoms with van der Waals surface area (Å²) in [6.45, 7) is 0.380. The Morgan fingerprint density at radius 2 is 2.29 bits per heavy atom. The van der Waals surface area contributed by atoms with Gasteiger partial charge < -0.3 is 14.8 Å². The molecule has 0 atom stereocenters. The Hall–Kier alpha value is -2.22. The van der Waals surface area contributed by atoms with Gasteiger partial charge in [0.15, 0.2) is 0 Å². The van der Waals surface area contributed by atoms with E-state index in [1.165, 1.54) is 17.8 Å². The second kappa shape index (κ2) is 4.34. The first-order chi connectivity index (χ1) is 8.11. The van der Waals surface area contributed by atoms with E-state index in [4.69, 9.17) is 10.3 Å². The van der Waals surface area contributed by atoms with Crippen molar-refractivity contribution in [3.63, 3.8) is 0 Å². The van der Waals surface area contributed by atoms with Gasteiger partial charge in [0.1, 0.15) is 5.56 Å². The van der Waals surface area contributed by atoms with Crippen molar-refractivity contribution in [1.82, 2.24) is 19.7 Å². The first-order valence-electron chi connectivity index (χ1n) is 4.95. The highest BCUT2D eigenvalue weighted by Crippen LogP contribution is 2.09. The number of H-pyrrole nitrogens is 1. The van der Waals surface area contributed by atoms with E-state index < -0.39 is 11.2 Å². The summed E-state index contributed by atoms with van der Waals surface area (Å²) in [5.74, 6) is 0.501. The summed E-state index contributed by atoms with van der Waals surface area (Å²) in [4.78, 5) is 28.9. The molecule has 2 aromatic rings. The van der Waals surface area contributed by atoms with Crippen LogP contribution >= 0.6 is 0 Å². The maximum atomic E-state index is 11.5. The topological polar surface area (TPSA) is 120 Å². The Morgan fingerprint density at radius 3 is 3.00 bits per heavy atom. The summed E-state index contributed by atoms with van der Waals surface area (Å²) >= 11 is 0. The molecule has 0 saturated carbocycles. The average Bonchev–Trinajstić information content (AvgIpc) is 2.72. The van der Waals surface area contributed by atoms with Crippen LogP contribution in [0, 0.1) is 0 Å². The molecule has 17 heavy (non-hydrogen) atoms. The van der Waals surface area contributed by atoms with Crippen molar-refractivity contribution in [2.45, 2.75) is 6.42 Å². The molecule has 2 rings (SSSR count). The highest BCUT2D eigenvalue weighted by molar-refractivity contribution is 5.50. The second-order valence-electron chi connectivity index (χ2n) is 3.46. The molecule has 2 heterocycles. The first-order valence-corrected chi connectivity index (χ1v) is 4.95. The molecule has 0 spiro atoms. The van der Waals surface area contributed by atoms with Crippen LogP contribution in [-0.2, 0) is 13.5 Å². The van der Waals surface area contributed by atoms with E-state index >= 15 is 0 Å². The lowest BCUT2D eigenvalue weighted by molar-refractivity contribution is 0.380. The lowest BCUT2D eigenvalue weighted by atomic mass is 10.3. The van der Waals surface area contributed by atoms with E-state index in [2.05, 4.69) is 15.1 Å². The average molecular weight is 237 g/mol. The van der Waals surface area contributed by atoms with Crippen molar-refractivity contribution in [3.05, 3.63) is 32.9 Å². The predicted octanol–water partition coefficient (Wildman–Crippen LogP) is -1.38. The van der Waals surface area contributed by atoms with Gasteiger partial charge in [-0.25, -0.2) is 4.79 Å². The van der Waals surface area contributed by atoms with Gasteiger partial charge >= 0.3 is 5.69 Å². The van der Waals surface area contributed by atoms with E-state index in [1.807, 2.05) is 0 Å². The molecule has 8 heteroatoms. The molecule has 0 aromatic carbocycles. The van der Waals surface area contributed by atoms with Gasteiger partial charge in [-0.1, -0.05) is 5.16 Å². The monoisotopic (exact) mass is 237 g/mol. The van der Waals surface area contributed by atoms with Crippen LogP contribution in [0.4, 0.5) is 0 Å². The van der Waals surface area contributed by atoms with Crippen LogP contribution in [0.1, 0.15) is 5.89 Å². The van der Waals surface area contributed by atoms with E-state index in [1.54, 1.807) is 0 Å². The molecular formula is C9H11N5O3. The molecule has 0 aliphatic heterocycles. The molecule has 0 aliphatic rings. The Labute approximate surface area is 95.1 Å². The SMILES string of the molecule is Cn1cc(-c2noc(CCN)n2)c(=O)[nH]c1=O. The molecule has 2 aromatic heterocycles. The minimum atomic E-state index is -0.548. The molecule has 0 fully saturated rings. The number of nitrogens with two attached hydrogens (primary N) is 1. The van der Waals surface area contributed by atoms with Gasteiger partial charge in [0.25, 0.3) is 5.56 Å². The van der Waals surface area contributed by atoms with Crippen LogP contribution < -0.4 is 17.0 Å². The number of rotatable bonds is 3. The fraction of sp³-hybridized carbons (Fsp3) is 0.333. The highest BCUT2D eigenvalue weighted by atomic mass is 16.5. The van der Waals surface area contributed by atoms with Gasteiger partial charge in [-0.15, -0.1) is 0 Å². The van der Waals surface area contributed by atoms with Crippen LogP contribution in [0.5, 0.6) is 0 Å². The van der Waals surface area contributed by atoms with Crippen molar-refractivity contribution < 1.29 is 4.52 Å². The molecule has 90 valence electrons. The van der Waals surface area contributed by atoms with Crippen LogP contribution in [-0.4, -0.2) is 26.2 Å². The normalized spacial score (nSPS) is 10.7. The fourth-order valence-corrected chi connectivity index (χ4v) is 1.31. The van der Waals surface area contributed by atoms with Gasteiger partial charge in [0.2, 0.25) is 11.7 Å².